The standard InChI is InChI=1S/C102H108N4O18/c1-53(2)65-29-33-79(61(17)41-65)121-83-47-73-87-74(96(108)105(95(73)107)77(37-39-117-59(13)14)99(111)103(51-115-21)69-25-23-27-71(45-69)119-101(113)57(9)10)49-85(123-81-35-31-67(55(5)6)43-63(81)19)91-92-86(124-82-36-32-68(56(7)8)44-64(82)20)50-76-88-75(48-84(90(94(88)92)89(83)93(87)91)122-80-34-30-66(54(3)4)42-62(80)18)97(109)106(98(76)110)78(38-40-118-60(15)16)100(112)104(52-116-22)70-26-24-28-72(46-70)120-102(114)58(11)12/h23-36,41-50,53-56,59-60,77-78H,9,11,37-40,51-52H2,1-8,10,12-22H3. The van der Waals surface area contributed by atoms with Gasteiger partial charge in [0.05, 0.1) is 34.5 Å². The number of imide groups is 2. The highest BCUT2D eigenvalue weighted by Gasteiger charge is 2.48. The fourth-order valence-electron chi connectivity index (χ4n) is 16.0. The van der Waals surface area contributed by atoms with Crippen LogP contribution in [0, 0.1) is 27.7 Å². The molecule has 13 rings (SSSR count). The quantitative estimate of drug-likeness (QED) is 0.00692. The molecule has 0 N–H and O–H groups in total. The van der Waals surface area contributed by atoms with Crippen LogP contribution in [0.1, 0.15) is 219 Å². The maximum atomic E-state index is 17.1. The van der Waals surface area contributed by atoms with E-state index in [2.05, 4.69) is 68.5 Å². The van der Waals surface area contributed by atoms with Crippen LogP contribution in [0.25, 0.3) is 43.1 Å². The summed E-state index contributed by atoms with van der Waals surface area (Å²) in [5.74, 6) is -4.60. The fraction of sp³-hybridized carbons (Fsp3) is 0.333. The summed E-state index contributed by atoms with van der Waals surface area (Å²) in [7, 11) is 2.79. The lowest BCUT2D eigenvalue weighted by Gasteiger charge is -2.37. The lowest BCUT2D eigenvalue weighted by Crippen LogP contribution is -2.55. The predicted octanol–water partition coefficient (Wildman–Crippen LogP) is 22.4. The maximum absolute atomic E-state index is 17.1. The topological polar surface area (TPSA) is 242 Å². The molecule has 0 spiro atoms. The van der Waals surface area contributed by atoms with Gasteiger partial charge in [-0.3, -0.25) is 48.4 Å². The van der Waals surface area contributed by atoms with Crippen molar-refractivity contribution in [1.29, 1.82) is 0 Å². The van der Waals surface area contributed by atoms with Crippen LogP contribution in [0.4, 0.5) is 11.4 Å². The van der Waals surface area contributed by atoms with Gasteiger partial charge in [-0.15, -0.1) is 0 Å². The Hall–Kier alpha value is -12.6. The van der Waals surface area contributed by atoms with E-state index in [1.807, 2.05) is 128 Å². The summed E-state index contributed by atoms with van der Waals surface area (Å²) in [5, 5.41) is 1.55. The van der Waals surface area contributed by atoms with Gasteiger partial charge >= 0.3 is 11.9 Å². The minimum Gasteiger partial charge on any atom is -0.456 e. The Balaban J connectivity index is 1.20. The number of esters is 2. The van der Waals surface area contributed by atoms with E-state index in [1.54, 1.807) is 60.7 Å². The van der Waals surface area contributed by atoms with Crippen molar-refractivity contribution >= 4 is 102 Å². The number of ether oxygens (including phenoxy) is 10. The van der Waals surface area contributed by atoms with Crippen molar-refractivity contribution in [2.24, 2.45) is 0 Å². The van der Waals surface area contributed by atoms with Crippen LogP contribution in [-0.2, 0) is 38.1 Å². The first-order valence-corrected chi connectivity index (χ1v) is 42.1. The molecule has 0 fully saturated rings. The third-order valence-electron chi connectivity index (χ3n) is 22.6. The molecule has 2 aliphatic heterocycles. The van der Waals surface area contributed by atoms with Crippen molar-refractivity contribution in [3.8, 4) is 57.5 Å². The highest BCUT2D eigenvalue weighted by Crippen LogP contribution is 2.59. The fourth-order valence-corrected chi connectivity index (χ4v) is 16.0. The van der Waals surface area contributed by atoms with Gasteiger partial charge in [0.25, 0.3) is 35.4 Å². The molecule has 0 bridgehead atoms. The average Bonchev–Trinajstić information content (AvgIpc) is 0.668. The number of hydrogen-bond donors (Lipinski definition) is 0. The Morgan fingerprint density at radius 3 is 0.863 bits per heavy atom. The zero-order valence-electron chi connectivity index (χ0n) is 74.3. The highest BCUT2D eigenvalue weighted by molar-refractivity contribution is 6.45. The van der Waals surface area contributed by atoms with Gasteiger partial charge in [0, 0.05) is 118 Å². The second-order valence-corrected chi connectivity index (χ2v) is 33.9. The molecular weight excluding hydrogens is 1570 g/mol. The molecule has 0 saturated carbocycles. The Kier molecular flexibility index (Phi) is 26.5. The second kappa shape index (κ2) is 36.8. The van der Waals surface area contributed by atoms with Crippen molar-refractivity contribution in [1.82, 2.24) is 9.80 Å². The van der Waals surface area contributed by atoms with Gasteiger partial charge in [0.1, 0.15) is 83.0 Å². The van der Waals surface area contributed by atoms with Crippen LogP contribution in [-0.4, -0.2) is 122 Å². The number of aryl methyl sites for hydroxylation is 4. The predicted molar refractivity (Wildman–Crippen MR) is 482 cm³/mol. The van der Waals surface area contributed by atoms with E-state index >= 15 is 28.8 Å². The first kappa shape index (κ1) is 89.2. The number of nitrogens with zero attached hydrogens (tertiary/aromatic N) is 4. The van der Waals surface area contributed by atoms with E-state index in [0.29, 0.717) is 45.3 Å². The molecule has 2 heterocycles. The number of fused-ring (bicyclic) bond motifs is 2. The number of benzene rings is 11. The van der Waals surface area contributed by atoms with Gasteiger partial charge in [-0.1, -0.05) is 129 Å². The number of rotatable bonds is 34. The summed E-state index contributed by atoms with van der Waals surface area (Å²) >= 11 is 0. The number of methoxy groups -OCH3 is 2. The zero-order chi connectivity index (χ0) is 89.5. The molecule has 11 aromatic carbocycles. The van der Waals surface area contributed by atoms with Crippen molar-refractivity contribution in [3.63, 3.8) is 0 Å². The molecular formula is C102H108N4O18. The van der Waals surface area contributed by atoms with Crippen molar-refractivity contribution < 1.29 is 85.7 Å². The zero-order valence-corrected chi connectivity index (χ0v) is 74.3. The SMILES string of the molecule is C=C(C)C(=O)Oc1cccc(N(COC)C(=O)C(CCOC(C)C)N2C(=O)c3cc(Oc4ccc(C(C)C)cc4C)c4c5c(Oc6ccc(C(C)C)cc6C)cc6c7c(cc(Oc8ccc(C(C)C)cc8C)c(c8c(Oc9ccc(C(C)C)cc9C)cc(c3c48)C2=O)c75)C(=O)N(C(CCOC(C)C)C(=O)N(COC)c2cccc(OC(=O)C(=C)C)c2)C6=O)c1. The summed E-state index contributed by atoms with van der Waals surface area (Å²) in [5.41, 5.74) is 7.10. The van der Waals surface area contributed by atoms with E-state index in [9.17, 15) is 9.59 Å². The summed E-state index contributed by atoms with van der Waals surface area (Å²) in [6.45, 7) is 41.1. The second-order valence-electron chi connectivity index (χ2n) is 33.9. The largest absolute Gasteiger partial charge is 0.456 e. The first-order chi connectivity index (χ1) is 59.0. The molecule has 6 amide bonds. The van der Waals surface area contributed by atoms with E-state index in [-0.39, 0.29) is 184 Å². The van der Waals surface area contributed by atoms with Crippen LogP contribution in [0.2, 0.25) is 0 Å². The Labute approximate surface area is 723 Å². The molecule has 0 radical (unpaired) electrons. The lowest BCUT2D eigenvalue weighted by molar-refractivity contribution is -0.130. The lowest BCUT2D eigenvalue weighted by atomic mass is 9.80. The maximum Gasteiger partial charge on any atom is 0.338 e. The molecule has 2 atom stereocenters. The number of carbonyl (C=O) groups is 8. The molecule has 2 unspecified atom stereocenters. The van der Waals surface area contributed by atoms with Gasteiger partial charge in [0.2, 0.25) is 0 Å². The molecule has 22 nitrogen and oxygen atoms in total. The van der Waals surface area contributed by atoms with E-state index in [1.165, 1.54) is 50.0 Å². The normalized spacial score (nSPS) is 13.3. The molecule has 124 heavy (non-hydrogen) atoms. The summed E-state index contributed by atoms with van der Waals surface area (Å²) in [6, 6.07) is 38.7. The van der Waals surface area contributed by atoms with E-state index in [0.717, 1.165) is 32.1 Å². The molecule has 0 saturated heterocycles. The van der Waals surface area contributed by atoms with Crippen molar-refractivity contribution in [2.45, 2.75) is 185 Å². The number of carbonyl (C=O) groups excluding carboxylic acids is 8. The van der Waals surface area contributed by atoms with Gasteiger partial charge < -0.3 is 47.4 Å². The van der Waals surface area contributed by atoms with E-state index < -0.39 is 72.9 Å². The van der Waals surface area contributed by atoms with Crippen LogP contribution in [0.15, 0.2) is 170 Å². The first-order valence-electron chi connectivity index (χ1n) is 42.1. The Morgan fingerprint density at radius 2 is 0.629 bits per heavy atom. The summed E-state index contributed by atoms with van der Waals surface area (Å²) in [4.78, 5) is 132. The van der Waals surface area contributed by atoms with Gasteiger partial charge in [-0.25, -0.2) is 9.59 Å². The van der Waals surface area contributed by atoms with Gasteiger partial charge in [-0.2, -0.15) is 0 Å². The minimum absolute atomic E-state index is 0.0220. The molecule has 0 aliphatic carbocycles. The number of hydrogen-bond acceptors (Lipinski definition) is 18. The van der Waals surface area contributed by atoms with Crippen LogP contribution >= 0.6 is 0 Å². The van der Waals surface area contributed by atoms with Crippen molar-refractivity contribution in [3.05, 3.63) is 237 Å². The summed E-state index contributed by atoms with van der Waals surface area (Å²) < 4.78 is 65.7. The Morgan fingerprint density at radius 1 is 0.355 bits per heavy atom. The van der Waals surface area contributed by atoms with E-state index in [4.69, 9.17) is 47.4 Å². The number of anilines is 2. The molecule has 2 aliphatic rings. The number of amides is 6. The smallest absolute Gasteiger partial charge is 0.338 e. The summed E-state index contributed by atoms with van der Waals surface area (Å²) in [6.07, 6.45) is -1.20. The van der Waals surface area contributed by atoms with Crippen molar-refractivity contribution in [2.75, 3.05) is 50.7 Å². The highest BCUT2D eigenvalue weighted by atomic mass is 16.5. The Bertz CT molecular complexity index is 5520. The monoisotopic (exact) mass is 1680 g/mol. The third kappa shape index (κ3) is 17.7. The molecule has 11 aromatic rings. The van der Waals surface area contributed by atoms with Gasteiger partial charge in [-0.05, 0) is 210 Å². The van der Waals surface area contributed by atoms with Gasteiger partial charge in [0.15, 0.2) is 0 Å². The van der Waals surface area contributed by atoms with Crippen LogP contribution < -0.4 is 38.2 Å². The van der Waals surface area contributed by atoms with Crippen LogP contribution in [0.5, 0.6) is 57.5 Å². The van der Waals surface area contributed by atoms with Crippen LogP contribution in [0.3, 0.4) is 0 Å². The average molecular weight is 1680 g/mol. The minimum atomic E-state index is -1.65. The third-order valence-corrected chi connectivity index (χ3v) is 22.6. The molecule has 22 heteroatoms. The molecule has 644 valence electrons. The molecule has 0 aromatic heterocycles.